The smallest absolute Gasteiger partial charge is 0.219 e. The number of carbonyl (C=O) groups is 1. The van der Waals surface area contributed by atoms with Gasteiger partial charge in [-0.15, -0.1) is 12.4 Å². The normalized spacial score (nSPS) is 25.8. The molecule has 2 aromatic rings. The highest BCUT2D eigenvalue weighted by Gasteiger charge is 2.33. The number of benzene rings is 2. The van der Waals surface area contributed by atoms with E-state index < -0.39 is 6.10 Å². The minimum absolute atomic E-state index is 0. The van der Waals surface area contributed by atoms with Gasteiger partial charge in [0.15, 0.2) is 0 Å². The molecule has 6 heteroatoms. The van der Waals surface area contributed by atoms with Gasteiger partial charge in [0.25, 0.3) is 0 Å². The van der Waals surface area contributed by atoms with E-state index in [4.69, 9.17) is 0 Å². The Morgan fingerprint density at radius 1 is 1.06 bits per heavy atom. The van der Waals surface area contributed by atoms with E-state index in [1.54, 1.807) is 19.1 Å². The number of carbonyl (C=O) groups excluding carboxylic acids is 1. The first-order chi connectivity index (χ1) is 15.5. The molecule has 3 atom stereocenters. The van der Waals surface area contributed by atoms with Gasteiger partial charge in [-0.2, -0.15) is 0 Å². The van der Waals surface area contributed by atoms with Crippen LogP contribution in [0.25, 0.3) is 0 Å². The van der Waals surface area contributed by atoms with Crippen LogP contribution in [0.4, 0.5) is 4.39 Å². The molecule has 0 aromatic heterocycles. The molecule has 2 fully saturated rings. The van der Waals surface area contributed by atoms with E-state index in [1.807, 2.05) is 23.1 Å². The van der Waals surface area contributed by atoms with Gasteiger partial charge in [0, 0.05) is 31.6 Å². The molecule has 33 heavy (non-hydrogen) atoms. The van der Waals surface area contributed by atoms with Crippen molar-refractivity contribution >= 4 is 18.3 Å². The topological polar surface area (TPSA) is 52.6 Å². The molecule has 0 unspecified atom stereocenters. The van der Waals surface area contributed by atoms with Crippen LogP contribution in [0.15, 0.2) is 54.6 Å². The highest BCUT2D eigenvalue weighted by atomic mass is 35.5. The lowest BCUT2D eigenvalue weighted by Crippen LogP contribution is -2.41. The molecule has 2 aromatic carbocycles. The number of nitrogens with one attached hydrogen (secondary N) is 1. The summed E-state index contributed by atoms with van der Waals surface area (Å²) in [4.78, 5) is 14.4. The maximum atomic E-state index is 13.5. The first-order valence-electron chi connectivity index (χ1n) is 12.0. The maximum absolute atomic E-state index is 13.5. The second-order valence-electron chi connectivity index (χ2n) is 9.59. The molecule has 1 heterocycles. The minimum Gasteiger partial charge on any atom is -0.387 e. The quantitative estimate of drug-likeness (QED) is 0.565. The molecular weight excluding hydrogens is 439 g/mol. The lowest BCUT2D eigenvalue weighted by molar-refractivity contribution is -0.132. The number of rotatable bonds is 7. The zero-order valence-corrected chi connectivity index (χ0v) is 20.1. The van der Waals surface area contributed by atoms with E-state index in [0.29, 0.717) is 30.1 Å². The van der Waals surface area contributed by atoms with Crippen LogP contribution in [-0.2, 0) is 11.3 Å². The van der Waals surface area contributed by atoms with E-state index in [0.717, 1.165) is 44.9 Å². The highest BCUT2D eigenvalue weighted by molar-refractivity contribution is 5.85. The highest BCUT2D eigenvalue weighted by Crippen LogP contribution is 2.34. The van der Waals surface area contributed by atoms with Crippen LogP contribution >= 0.6 is 12.4 Å². The van der Waals surface area contributed by atoms with Gasteiger partial charge >= 0.3 is 0 Å². The third-order valence-corrected chi connectivity index (χ3v) is 7.32. The van der Waals surface area contributed by atoms with E-state index >= 15 is 0 Å². The standard InChI is InChI=1S/C27H35FN2O2.ClH/c1-19(31)30(18-21-6-3-2-4-7-21)25-13-10-20(11-14-25)16-24-12-15-26(29-24)27(32)22-8-5-9-23(28)17-22;/h2-9,17,20,24-27,29,32H,10-16,18H2,1H3;1H/t20?,24-,25?,26+,27+;/m0./s1. The lowest BCUT2D eigenvalue weighted by Gasteiger charge is -2.37. The van der Waals surface area contributed by atoms with E-state index in [1.165, 1.54) is 17.7 Å². The number of aliphatic hydroxyl groups excluding tert-OH is 1. The summed E-state index contributed by atoms with van der Waals surface area (Å²) in [6.45, 7) is 2.37. The number of nitrogens with zero attached hydrogens (tertiary/aromatic N) is 1. The summed E-state index contributed by atoms with van der Waals surface area (Å²) in [6, 6.07) is 17.2. The van der Waals surface area contributed by atoms with Crippen molar-refractivity contribution in [3.05, 3.63) is 71.5 Å². The molecular formula is C27H36ClFN2O2. The van der Waals surface area contributed by atoms with Crippen molar-refractivity contribution in [3.63, 3.8) is 0 Å². The molecule has 4 rings (SSSR count). The Morgan fingerprint density at radius 2 is 1.79 bits per heavy atom. The Hall–Kier alpha value is -1.95. The second-order valence-corrected chi connectivity index (χ2v) is 9.59. The van der Waals surface area contributed by atoms with E-state index in [-0.39, 0.29) is 30.2 Å². The van der Waals surface area contributed by atoms with Gasteiger partial charge in [-0.3, -0.25) is 4.79 Å². The van der Waals surface area contributed by atoms with Gasteiger partial charge in [-0.25, -0.2) is 4.39 Å². The number of aliphatic hydroxyl groups is 1. The van der Waals surface area contributed by atoms with Crippen LogP contribution in [-0.4, -0.2) is 34.0 Å². The fourth-order valence-corrected chi connectivity index (χ4v) is 5.58. The monoisotopic (exact) mass is 474 g/mol. The minimum atomic E-state index is -0.673. The van der Waals surface area contributed by atoms with Crippen LogP contribution < -0.4 is 5.32 Å². The largest absolute Gasteiger partial charge is 0.387 e. The first-order valence-corrected chi connectivity index (χ1v) is 12.0. The summed E-state index contributed by atoms with van der Waals surface area (Å²) in [5.74, 6) is 0.503. The molecule has 2 N–H and O–H groups in total. The Morgan fingerprint density at radius 3 is 2.45 bits per heavy atom. The summed E-state index contributed by atoms with van der Waals surface area (Å²) >= 11 is 0. The van der Waals surface area contributed by atoms with Gasteiger partial charge in [-0.05, 0) is 74.1 Å². The van der Waals surface area contributed by atoms with Crippen molar-refractivity contribution in [2.45, 2.75) is 82.6 Å². The Balaban J connectivity index is 0.00000306. The zero-order chi connectivity index (χ0) is 22.5. The molecule has 4 nitrogen and oxygen atoms in total. The second kappa shape index (κ2) is 12.0. The number of amides is 1. The van der Waals surface area contributed by atoms with Crippen molar-refractivity contribution in [3.8, 4) is 0 Å². The summed E-state index contributed by atoms with van der Waals surface area (Å²) in [5, 5.41) is 14.3. The van der Waals surface area contributed by atoms with Crippen LogP contribution in [0.2, 0.25) is 0 Å². The van der Waals surface area contributed by atoms with Gasteiger partial charge in [0.05, 0.1) is 6.10 Å². The van der Waals surface area contributed by atoms with Crippen LogP contribution in [0.1, 0.15) is 69.1 Å². The molecule has 180 valence electrons. The third kappa shape index (κ3) is 6.78. The number of hydrogen-bond donors (Lipinski definition) is 2. The van der Waals surface area contributed by atoms with Gasteiger partial charge in [-0.1, -0.05) is 42.5 Å². The zero-order valence-electron chi connectivity index (χ0n) is 19.3. The summed E-state index contributed by atoms with van der Waals surface area (Å²) in [7, 11) is 0. The SMILES string of the molecule is CC(=O)N(Cc1ccccc1)C1CCC(C[C@@H]2CC[C@H]([C@H](O)c3cccc(F)c3)N2)CC1.Cl. The average Bonchev–Trinajstić information content (AvgIpc) is 3.26. The predicted octanol–water partition coefficient (Wildman–Crippen LogP) is 5.40. The molecule has 1 amide bonds. The molecule has 1 saturated heterocycles. The van der Waals surface area contributed by atoms with Crippen molar-refractivity contribution in [1.82, 2.24) is 10.2 Å². The predicted molar refractivity (Wildman–Crippen MR) is 132 cm³/mol. The molecule has 0 spiro atoms. The number of hydrogen-bond acceptors (Lipinski definition) is 3. The van der Waals surface area contributed by atoms with Crippen LogP contribution in [0.5, 0.6) is 0 Å². The Bertz CT molecular complexity index is 889. The summed E-state index contributed by atoms with van der Waals surface area (Å²) < 4.78 is 13.5. The third-order valence-electron chi connectivity index (χ3n) is 7.32. The summed E-state index contributed by atoms with van der Waals surface area (Å²) in [5.41, 5.74) is 1.83. The van der Waals surface area contributed by atoms with Crippen molar-refractivity contribution in [2.24, 2.45) is 5.92 Å². The Labute approximate surface area is 203 Å². The van der Waals surface area contributed by atoms with Gasteiger partial charge in [0.2, 0.25) is 5.91 Å². The molecule has 1 aliphatic carbocycles. The fraction of sp³-hybridized carbons (Fsp3) is 0.519. The van der Waals surface area contributed by atoms with Crippen molar-refractivity contribution in [2.75, 3.05) is 0 Å². The average molecular weight is 475 g/mol. The van der Waals surface area contributed by atoms with E-state index in [9.17, 15) is 14.3 Å². The first kappa shape index (κ1) is 25.7. The van der Waals surface area contributed by atoms with Gasteiger partial charge in [0.1, 0.15) is 5.82 Å². The number of halogens is 2. The van der Waals surface area contributed by atoms with Crippen LogP contribution in [0.3, 0.4) is 0 Å². The fourth-order valence-electron chi connectivity index (χ4n) is 5.58. The van der Waals surface area contributed by atoms with Gasteiger partial charge < -0.3 is 15.3 Å². The Kier molecular flexibility index (Phi) is 9.30. The molecule has 2 aliphatic rings. The maximum Gasteiger partial charge on any atom is 0.219 e. The molecule has 0 bridgehead atoms. The van der Waals surface area contributed by atoms with Crippen LogP contribution in [0, 0.1) is 11.7 Å². The lowest BCUT2D eigenvalue weighted by atomic mass is 9.81. The summed E-state index contributed by atoms with van der Waals surface area (Å²) in [6.07, 6.45) is 6.78. The molecule has 1 aliphatic heterocycles. The van der Waals surface area contributed by atoms with Crippen molar-refractivity contribution in [1.29, 1.82) is 0 Å². The van der Waals surface area contributed by atoms with E-state index in [2.05, 4.69) is 17.4 Å². The molecule has 1 saturated carbocycles. The van der Waals surface area contributed by atoms with Crippen molar-refractivity contribution < 1.29 is 14.3 Å². The molecule has 0 radical (unpaired) electrons.